The Balaban J connectivity index is 3.84. The van der Waals surface area contributed by atoms with Crippen molar-refractivity contribution in [1.29, 1.82) is 0 Å². The van der Waals surface area contributed by atoms with Gasteiger partial charge in [0.1, 0.15) is 0 Å². The highest BCUT2D eigenvalue weighted by molar-refractivity contribution is 7.80. The Hall–Kier alpha value is 0.310. The molecule has 0 bridgehead atoms. The SMILES string of the molecule is CCCCN(CCCC)C(C)CCCS. The topological polar surface area (TPSA) is 3.24 Å². The summed E-state index contributed by atoms with van der Waals surface area (Å²) in [5.74, 6) is 1.03. The van der Waals surface area contributed by atoms with E-state index in [4.69, 9.17) is 0 Å². The van der Waals surface area contributed by atoms with E-state index in [1.807, 2.05) is 0 Å². The molecule has 15 heavy (non-hydrogen) atoms. The first kappa shape index (κ1) is 15.3. The molecule has 0 aromatic heterocycles. The Morgan fingerprint density at radius 3 is 1.93 bits per heavy atom. The smallest absolute Gasteiger partial charge is 0.00672 e. The summed E-state index contributed by atoms with van der Waals surface area (Å²) in [4.78, 5) is 2.66. The second-order valence-corrected chi connectivity index (χ2v) is 4.91. The molecule has 0 saturated heterocycles. The van der Waals surface area contributed by atoms with Crippen molar-refractivity contribution in [2.24, 2.45) is 0 Å². The quantitative estimate of drug-likeness (QED) is 0.557. The van der Waals surface area contributed by atoms with E-state index in [1.54, 1.807) is 0 Å². The largest absolute Gasteiger partial charge is 0.301 e. The lowest BCUT2D eigenvalue weighted by Gasteiger charge is -2.29. The van der Waals surface area contributed by atoms with Crippen molar-refractivity contribution >= 4 is 12.6 Å². The molecule has 0 spiro atoms. The summed E-state index contributed by atoms with van der Waals surface area (Å²) in [6.45, 7) is 9.48. The minimum atomic E-state index is 0.746. The van der Waals surface area contributed by atoms with E-state index in [1.165, 1.54) is 51.6 Å². The molecule has 0 saturated carbocycles. The van der Waals surface area contributed by atoms with Crippen LogP contribution in [0.25, 0.3) is 0 Å². The highest BCUT2D eigenvalue weighted by Crippen LogP contribution is 2.10. The van der Waals surface area contributed by atoms with Crippen LogP contribution in [0.5, 0.6) is 0 Å². The zero-order chi connectivity index (χ0) is 11.5. The molecule has 2 heteroatoms. The van der Waals surface area contributed by atoms with Gasteiger partial charge in [0, 0.05) is 6.04 Å². The van der Waals surface area contributed by atoms with Gasteiger partial charge in [-0.2, -0.15) is 12.6 Å². The van der Waals surface area contributed by atoms with Gasteiger partial charge in [0.2, 0.25) is 0 Å². The lowest BCUT2D eigenvalue weighted by Crippen LogP contribution is -2.34. The second kappa shape index (κ2) is 10.8. The van der Waals surface area contributed by atoms with Crippen LogP contribution in [0, 0.1) is 0 Å². The van der Waals surface area contributed by atoms with Crippen molar-refractivity contribution < 1.29 is 0 Å². The van der Waals surface area contributed by atoms with Gasteiger partial charge in [-0.15, -0.1) is 0 Å². The highest BCUT2D eigenvalue weighted by atomic mass is 32.1. The van der Waals surface area contributed by atoms with E-state index in [0.717, 1.165) is 11.8 Å². The number of rotatable bonds is 10. The average Bonchev–Trinajstić information content (AvgIpc) is 2.26. The molecule has 1 atom stereocenters. The van der Waals surface area contributed by atoms with E-state index in [2.05, 4.69) is 38.3 Å². The fraction of sp³-hybridized carbons (Fsp3) is 1.00. The maximum atomic E-state index is 4.29. The van der Waals surface area contributed by atoms with Crippen molar-refractivity contribution in [2.45, 2.75) is 65.3 Å². The summed E-state index contributed by atoms with van der Waals surface area (Å²) >= 11 is 4.29. The lowest BCUT2D eigenvalue weighted by molar-refractivity contribution is 0.193. The van der Waals surface area contributed by atoms with Gasteiger partial charge in [-0.1, -0.05) is 26.7 Å². The molecule has 92 valence electrons. The van der Waals surface area contributed by atoms with Gasteiger partial charge in [-0.25, -0.2) is 0 Å². The van der Waals surface area contributed by atoms with Crippen LogP contribution in [-0.2, 0) is 0 Å². The molecule has 0 fully saturated rings. The van der Waals surface area contributed by atoms with Crippen LogP contribution in [-0.4, -0.2) is 29.8 Å². The van der Waals surface area contributed by atoms with Gasteiger partial charge in [0.15, 0.2) is 0 Å². The summed E-state index contributed by atoms with van der Waals surface area (Å²) in [5.41, 5.74) is 0. The van der Waals surface area contributed by atoms with Crippen molar-refractivity contribution in [3.8, 4) is 0 Å². The van der Waals surface area contributed by atoms with Gasteiger partial charge in [0.25, 0.3) is 0 Å². The molecule has 0 aromatic carbocycles. The van der Waals surface area contributed by atoms with E-state index in [9.17, 15) is 0 Å². The summed E-state index contributed by atoms with van der Waals surface area (Å²) in [5, 5.41) is 0. The zero-order valence-electron chi connectivity index (χ0n) is 10.8. The number of thiol groups is 1. The van der Waals surface area contributed by atoms with Crippen LogP contribution < -0.4 is 0 Å². The molecule has 0 aliphatic carbocycles. The average molecular weight is 231 g/mol. The molecule has 0 amide bonds. The van der Waals surface area contributed by atoms with E-state index < -0.39 is 0 Å². The minimum Gasteiger partial charge on any atom is -0.301 e. The van der Waals surface area contributed by atoms with Crippen molar-refractivity contribution in [2.75, 3.05) is 18.8 Å². The minimum absolute atomic E-state index is 0.746. The van der Waals surface area contributed by atoms with Gasteiger partial charge in [-0.3, -0.25) is 0 Å². The second-order valence-electron chi connectivity index (χ2n) is 4.46. The predicted octanol–water partition coefficient (Wildman–Crippen LogP) is 3.99. The molecule has 0 N–H and O–H groups in total. The number of nitrogens with zero attached hydrogens (tertiary/aromatic N) is 1. The summed E-state index contributed by atoms with van der Waals surface area (Å²) < 4.78 is 0. The predicted molar refractivity (Wildman–Crippen MR) is 73.9 cm³/mol. The third-order valence-electron chi connectivity index (χ3n) is 3.00. The summed E-state index contributed by atoms with van der Waals surface area (Å²) in [7, 11) is 0. The molecule has 0 heterocycles. The van der Waals surface area contributed by atoms with Crippen LogP contribution >= 0.6 is 12.6 Å². The van der Waals surface area contributed by atoms with E-state index in [0.29, 0.717) is 0 Å². The number of hydrogen-bond donors (Lipinski definition) is 1. The first-order valence-electron chi connectivity index (χ1n) is 6.61. The van der Waals surface area contributed by atoms with Crippen molar-refractivity contribution in [3.63, 3.8) is 0 Å². The van der Waals surface area contributed by atoms with Crippen molar-refractivity contribution in [1.82, 2.24) is 4.90 Å². The third-order valence-corrected chi connectivity index (χ3v) is 3.32. The van der Waals surface area contributed by atoms with Crippen LogP contribution in [0.2, 0.25) is 0 Å². The molecule has 0 aliphatic rings. The molecule has 0 aliphatic heterocycles. The molecule has 0 rings (SSSR count). The van der Waals surface area contributed by atoms with Crippen LogP contribution in [0.3, 0.4) is 0 Å². The third kappa shape index (κ3) is 8.15. The lowest BCUT2D eigenvalue weighted by atomic mass is 10.1. The van der Waals surface area contributed by atoms with E-state index >= 15 is 0 Å². The van der Waals surface area contributed by atoms with Gasteiger partial charge < -0.3 is 4.90 Å². The summed E-state index contributed by atoms with van der Waals surface area (Å²) in [6, 6.07) is 0.746. The van der Waals surface area contributed by atoms with Crippen LogP contribution in [0.1, 0.15) is 59.3 Å². The van der Waals surface area contributed by atoms with Crippen molar-refractivity contribution in [3.05, 3.63) is 0 Å². The van der Waals surface area contributed by atoms with Gasteiger partial charge in [-0.05, 0) is 51.4 Å². The number of unbranched alkanes of at least 4 members (excludes halogenated alkanes) is 2. The Morgan fingerprint density at radius 2 is 1.53 bits per heavy atom. The highest BCUT2D eigenvalue weighted by Gasteiger charge is 2.11. The Labute approximate surface area is 102 Å². The standard InChI is InChI=1S/C13H29NS/c1-4-6-10-14(11-7-5-2)13(3)9-8-12-15/h13,15H,4-12H2,1-3H3. The first-order chi connectivity index (χ1) is 7.26. The zero-order valence-corrected chi connectivity index (χ0v) is 11.7. The fourth-order valence-corrected chi connectivity index (χ4v) is 2.03. The molecular formula is C13H29NS. The molecule has 0 aromatic rings. The monoisotopic (exact) mass is 231 g/mol. The first-order valence-corrected chi connectivity index (χ1v) is 7.24. The maximum Gasteiger partial charge on any atom is 0.00672 e. The van der Waals surface area contributed by atoms with Crippen LogP contribution in [0.15, 0.2) is 0 Å². The molecule has 0 radical (unpaired) electrons. The Bertz CT molecular complexity index is 120. The van der Waals surface area contributed by atoms with Gasteiger partial charge >= 0.3 is 0 Å². The number of hydrogen-bond acceptors (Lipinski definition) is 2. The fourth-order valence-electron chi connectivity index (χ4n) is 1.84. The molecule has 1 unspecified atom stereocenters. The van der Waals surface area contributed by atoms with E-state index in [-0.39, 0.29) is 0 Å². The maximum absolute atomic E-state index is 4.29. The Kier molecular flexibility index (Phi) is 11.0. The summed E-state index contributed by atoms with van der Waals surface area (Å²) in [6.07, 6.45) is 7.85. The van der Waals surface area contributed by atoms with Crippen LogP contribution in [0.4, 0.5) is 0 Å². The molecular weight excluding hydrogens is 202 g/mol. The molecule has 1 nitrogen and oxygen atoms in total. The van der Waals surface area contributed by atoms with Gasteiger partial charge in [0.05, 0.1) is 0 Å². The normalized spacial score (nSPS) is 13.4. The Morgan fingerprint density at radius 1 is 1.00 bits per heavy atom.